The van der Waals surface area contributed by atoms with Crippen LogP contribution in [0.1, 0.15) is 46.8 Å². The standard InChI is InChI=1S/C24H22F3NO3/c1-13(2)20-11-17(24(25,26)27)6-8-19(20)21-10-16(12-28-22(21)31-4)18-7-5-15(23(29)30)9-14(18)3/h5-13H,1-4H3,(H,29,30). The molecule has 0 aliphatic carbocycles. The monoisotopic (exact) mass is 429 g/mol. The Balaban J connectivity index is 2.20. The molecular formula is C24H22F3NO3. The molecular weight excluding hydrogens is 407 g/mol. The lowest BCUT2D eigenvalue weighted by Gasteiger charge is -2.18. The fourth-order valence-corrected chi connectivity index (χ4v) is 3.54. The van der Waals surface area contributed by atoms with Crippen LogP contribution in [0.2, 0.25) is 0 Å². The topological polar surface area (TPSA) is 59.4 Å². The summed E-state index contributed by atoms with van der Waals surface area (Å²) in [6.07, 6.45) is -2.83. The number of carbonyl (C=O) groups is 1. The predicted octanol–water partition coefficient (Wildman–Crippen LogP) is 6.57. The first-order valence-corrected chi connectivity index (χ1v) is 9.62. The zero-order chi connectivity index (χ0) is 22.9. The largest absolute Gasteiger partial charge is 0.481 e. The molecule has 0 atom stereocenters. The third-order valence-electron chi connectivity index (χ3n) is 5.12. The van der Waals surface area contributed by atoms with Crippen molar-refractivity contribution in [3.8, 4) is 28.1 Å². The number of aromatic nitrogens is 1. The third-order valence-corrected chi connectivity index (χ3v) is 5.12. The van der Waals surface area contributed by atoms with Gasteiger partial charge in [0, 0.05) is 17.3 Å². The summed E-state index contributed by atoms with van der Waals surface area (Å²) in [6, 6.07) is 10.2. The highest BCUT2D eigenvalue weighted by atomic mass is 19.4. The van der Waals surface area contributed by atoms with E-state index < -0.39 is 17.7 Å². The molecule has 0 spiro atoms. The van der Waals surface area contributed by atoms with Gasteiger partial charge in [0.15, 0.2) is 0 Å². The van der Waals surface area contributed by atoms with Gasteiger partial charge in [0.25, 0.3) is 0 Å². The van der Waals surface area contributed by atoms with Crippen LogP contribution in [0.4, 0.5) is 13.2 Å². The smallest absolute Gasteiger partial charge is 0.416 e. The number of hydrogen-bond donors (Lipinski definition) is 1. The zero-order valence-corrected chi connectivity index (χ0v) is 17.5. The summed E-state index contributed by atoms with van der Waals surface area (Å²) in [6.45, 7) is 5.46. The fraction of sp³-hybridized carbons (Fsp3) is 0.250. The number of aromatic carboxylic acids is 1. The van der Waals surface area contributed by atoms with Crippen molar-refractivity contribution in [3.05, 3.63) is 70.9 Å². The van der Waals surface area contributed by atoms with E-state index in [9.17, 15) is 23.1 Å². The van der Waals surface area contributed by atoms with Crippen LogP contribution in [0.3, 0.4) is 0 Å². The molecule has 0 aliphatic rings. The average molecular weight is 429 g/mol. The summed E-state index contributed by atoms with van der Waals surface area (Å²) in [7, 11) is 1.46. The van der Waals surface area contributed by atoms with Crippen LogP contribution in [-0.2, 0) is 6.18 Å². The van der Waals surface area contributed by atoms with Crippen LogP contribution in [0.15, 0.2) is 48.7 Å². The predicted molar refractivity (Wildman–Crippen MR) is 112 cm³/mol. The Hall–Kier alpha value is -3.35. The Morgan fingerprint density at radius 1 is 1.03 bits per heavy atom. The van der Waals surface area contributed by atoms with Gasteiger partial charge in [-0.3, -0.25) is 0 Å². The first-order chi connectivity index (χ1) is 14.5. The van der Waals surface area contributed by atoms with Crippen molar-refractivity contribution in [1.82, 2.24) is 4.98 Å². The Bertz CT molecular complexity index is 1140. The van der Waals surface area contributed by atoms with Gasteiger partial charge in [-0.2, -0.15) is 13.2 Å². The number of rotatable bonds is 5. The van der Waals surface area contributed by atoms with E-state index >= 15 is 0 Å². The maximum Gasteiger partial charge on any atom is 0.416 e. The van der Waals surface area contributed by atoms with Crippen molar-refractivity contribution in [1.29, 1.82) is 0 Å². The number of aryl methyl sites for hydroxylation is 1. The van der Waals surface area contributed by atoms with Gasteiger partial charge in [0.05, 0.1) is 18.2 Å². The number of benzene rings is 2. The van der Waals surface area contributed by atoms with Crippen LogP contribution in [0.5, 0.6) is 5.88 Å². The Morgan fingerprint density at radius 3 is 2.26 bits per heavy atom. The highest BCUT2D eigenvalue weighted by molar-refractivity contribution is 5.89. The first kappa shape index (κ1) is 22.3. The second kappa shape index (κ2) is 8.41. The van der Waals surface area contributed by atoms with Crippen LogP contribution < -0.4 is 4.74 Å². The van der Waals surface area contributed by atoms with Gasteiger partial charge in [0.2, 0.25) is 5.88 Å². The quantitative estimate of drug-likeness (QED) is 0.498. The van der Waals surface area contributed by atoms with Crippen molar-refractivity contribution >= 4 is 5.97 Å². The number of methoxy groups -OCH3 is 1. The van der Waals surface area contributed by atoms with Gasteiger partial charge in [-0.15, -0.1) is 0 Å². The lowest BCUT2D eigenvalue weighted by atomic mass is 9.89. The number of nitrogens with zero attached hydrogens (tertiary/aromatic N) is 1. The number of halogens is 3. The molecule has 0 saturated carbocycles. The van der Waals surface area contributed by atoms with E-state index in [1.54, 1.807) is 25.3 Å². The minimum Gasteiger partial charge on any atom is -0.481 e. The number of alkyl halides is 3. The molecule has 1 aromatic heterocycles. The molecule has 4 nitrogen and oxygen atoms in total. The molecule has 0 radical (unpaired) electrons. The van der Waals surface area contributed by atoms with Gasteiger partial charge in [-0.1, -0.05) is 26.0 Å². The number of carboxylic acid groups (broad SMARTS) is 1. The molecule has 1 heterocycles. The van der Waals surface area contributed by atoms with E-state index in [4.69, 9.17) is 4.74 Å². The van der Waals surface area contributed by atoms with Gasteiger partial charge in [-0.05, 0) is 65.4 Å². The molecule has 3 rings (SSSR count). The van der Waals surface area contributed by atoms with E-state index in [-0.39, 0.29) is 11.5 Å². The third kappa shape index (κ3) is 4.55. The van der Waals surface area contributed by atoms with E-state index in [0.717, 1.165) is 17.2 Å². The van der Waals surface area contributed by atoms with Crippen molar-refractivity contribution < 1.29 is 27.8 Å². The molecule has 31 heavy (non-hydrogen) atoms. The molecule has 0 unspecified atom stereocenters. The van der Waals surface area contributed by atoms with Crippen molar-refractivity contribution in [3.63, 3.8) is 0 Å². The minimum atomic E-state index is -4.44. The molecule has 0 bridgehead atoms. The van der Waals surface area contributed by atoms with Gasteiger partial charge in [0.1, 0.15) is 0 Å². The summed E-state index contributed by atoms with van der Waals surface area (Å²) in [4.78, 5) is 15.6. The molecule has 3 aromatic rings. The Morgan fingerprint density at radius 2 is 1.71 bits per heavy atom. The van der Waals surface area contributed by atoms with Crippen LogP contribution >= 0.6 is 0 Å². The molecule has 0 fully saturated rings. The van der Waals surface area contributed by atoms with E-state index in [0.29, 0.717) is 28.1 Å². The Kier molecular flexibility index (Phi) is 6.06. The van der Waals surface area contributed by atoms with Gasteiger partial charge in [-0.25, -0.2) is 9.78 Å². The van der Waals surface area contributed by atoms with Gasteiger partial charge < -0.3 is 9.84 Å². The molecule has 7 heteroatoms. The van der Waals surface area contributed by atoms with Crippen molar-refractivity contribution in [2.75, 3.05) is 7.11 Å². The lowest BCUT2D eigenvalue weighted by molar-refractivity contribution is -0.137. The second-order valence-electron chi connectivity index (χ2n) is 7.57. The number of hydrogen-bond acceptors (Lipinski definition) is 3. The van der Waals surface area contributed by atoms with Crippen molar-refractivity contribution in [2.45, 2.75) is 32.9 Å². The maximum absolute atomic E-state index is 13.3. The number of ether oxygens (including phenoxy) is 1. The molecule has 0 saturated heterocycles. The van der Waals surface area contributed by atoms with Crippen molar-refractivity contribution in [2.24, 2.45) is 0 Å². The summed E-state index contributed by atoms with van der Waals surface area (Å²) >= 11 is 0. The number of pyridine rings is 1. The normalized spacial score (nSPS) is 11.6. The lowest BCUT2D eigenvalue weighted by Crippen LogP contribution is -2.07. The van der Waals surface area contributed by atoms with Crippen LogP contribution in [0.25, 0.3) is 22.3 Å². The molecule has 0 amide bonds. The second-order valence-corrected chi connectivity index (χ2v) is 7.57. The summed E-state index contributed by atoms with van der Waals surface area (Å²) in [5.41, 5.74) is 3.41. The highest BCUT2D eigenvalue weighted by Gasteiger charge is 2.31. The SMILES string of the molecule is COc1ncc(-c2ccc(C(=O)O)cc2C)cc1-c1ccc(C(F)(F)F)cc1C(C)C. The summed E-state index contributed by atoms with van der Waals surface area (Å²) in [5.74, 6) is -0.887. The highest BCUT2D eigenvalue weighted by Crippen LogP contribution is 2.40. The maximum atomic E-state index is 13.3. The molecule has 0 aliphatic heterocycles. The van der Waals surface area contributed by atoms with Gasteiger partial charge >= 0.3 is 12.1 Å². The molecule has 1 N–H and O–H groups in total. The summed E-state index contributed by atoms with van der Waals surface area (Å²) in [5, 5.41) is 9.18. The van der Waals surface area contributed by atoms with E-state index in [2.05, 4.69) is 4.98 Å². The van der Waals surface area contributed by atoms with E-state index in [1.165, 1.54) is 25.3 Å². The zero-order valence-electron chi connectivity index (χ0n) is 17.5. The molecule has 162 valence electrons. The minimum absolute atomic E-state index is 0.165. The fourth-order valence-electron chi connectivity index (χ4n) is 3.54. The van der Waals surface area contributed by atoms with Crippen LogP contribution in [-0.4, -0.2) is 23.2 Å². The van der Waals surface area contributed by atoms with E-state index in [1.807, 2.05) is 19.9 Å². The number of carboxylic acids is 1. The summed E-state index contributed by atoms with van der Waals surface area (Å²) < 4.78 is 45.1. The molecule has 2 aromatic carbocycles. The Labute approximate surface area is 178 Å². The first-order valence-electron chi connectivity index (χ1n) is 9.62. The average Bonchev–Trinajstić information content (AvgIpc) is 2.72. The van der Waals surface area contributed by atoms with Crippen LogP contribution in [0, 0.1) is 6.92 Å².